The molecule has 4 nitrogen and oxygen atoms in total. The predicted molar refractivity (Wildman–Crippen MR) is 79.1 cm³/mol. The molecule has 0 aliphatic carbocycles. The van der Waals surface area contributed by atoms with Gasteiger partial charge >= 0.3 is 0 Å². The highest BCUT2D eigenvalue weighted by molar-refractivity contribution is 5.79. The van der Waals surface area contributed by atoms with Crippen molar-refractivity contribution in [2.75, 3.05) is 19.7 Å². The summed E-state index contributed by atoms with van der Waals surface area (Å²) in [6, 6.07) is 10.4. The average molecular weight is 276 g/mol. The van der Waals surface area contributed by atoms with Crippen molar-refractivity contribution in [2.45, 2.75) is 26.4 Å². The number of nitrogens with zero attached hydrogens (tertiary/aromatic N) is 1. The third kappa shape index (κ3) is 3.81. The van der Waals surface area contributed by atoms with Crippen molar-refractivity contribution in [3.63, 3.8) is 0 Å². The summed E-state index contributed by atoms with van der Waals surface area (Å²) >= 11 is 0. The first-order chi connectivity index (χ1) is 9.60. The van der Waals surface area contributed by atoms with E-state index in [0.29, 0.717) is 0 Å². The molecule has 1 aromatic rings. The van der Waals surface area contributed by atoms with Crippen LogP contribution in [0.5, 0.6) is 0 Å². The van der Waals surface area contributed by atoms with E-state index in [1.807, 2.05) is 32.0 Å². The number of carbonyl (C=O) groups excluding carboxylic acids is 1. The molecule has 110 valence electrons. The summed E-state index contributed by atoms with van der Waals surface area (Å²) in [5.74, 6) is -0.00168. The summed E-state index contributed by atoms with van der Waals surface area (Å²) < 4.78 is 0. The Labute approximate surface area is 120 Å². The quantitative estimate of drug-likeness (QED) is 0.851. The fourth-order valence-corrected chi connectivity index (χ4v) is 2.80. The zero-order valence-electron chi connectivity index (χ0n) is 12.2. The van der Waals surface area contributed by atoms with Crippen molar-refractivity contribution in [3.05, 3.63) is 35.9 Å². The Morgan fingerprint density at radius 1 is 1.35 bits per heavy atom. The van der Waals surface area contributed by atoms with E-state index in [4.69, 9.17) is 0 Å². The van der Waals surface area contributed by atoms with Crippen LogP contribution in [-0.2, 0) is 11.3 Å². The summed E-state index contributed by atoms with van der Waals surface area (Å²) in [4.78, 5) is 14.4. The number of hydrogen-bond donors (Lipinski definition) is 2. The lowest BCUT2D eigenvalue weighted by atomic mass is 9.96. The van der Waals surface area contributed by atoms with Crippen molar-refractivity contribution < 1.29 is 9.90 Å². The van der Waals surface area contributed by atoms with Gasteiger partial charge in [0.1, 0.15) is 0 Å². The standard InChI is InChI=1S/C16H24N2O2/c1-12(2)17-16(20)15-10-18(9-14(15)11-19)8-13-6-4-3-5-7-13/h3-7,12,14-15,19H,8-11H2,1-2H3,(H,17,20)/t14-,15+/m0/s1. The van der Waals surface area contributed by atoms with E-state index in [-0.39, 0.29) is 30.4 Å². The summed E-state index contributed by atoms with van der Waals surface area (Å²) in [5.41, 5.74) is 1.24. The molecule has 2 rings (SSSR count). The maximum Gasteiger partial charge on any atom is 0.225 e. The molecule has 0 spiro atoms. The number of aliphatic hydroxyl groups is 1. The van der Waals surface area contributed by atoms with Gasteiger partial charge in [-0.15, -0.1) is 0 Å². The smallest absolute Gasteiger partial charge is 0.225 e. The van der Waals surface area contributed by atoms with Crippen LogP contribution in [0.1, 0.15) is 19.4 Å². The Balaban J connectivity index is 1.97. The summed E-state index contributed by atoms with van der Waals surface area (Å²) in [6.45, 7) is 6.33. The van der Waals surface area contributed by atoms with Gasteiger partial charge in [-0.1, -0.05) is 30.3 Å². The third-order valence-electron chi connectivity index (χ3n) is 3.77. The lowest BCUT2D eigenvalue weighted by Crippen LogP contribution is -2.39. The van der Waals surface area contributed by atoms with Crippen LogP contribution in [0, 0.1) is 11.8 Å². The van der Waals surface area contributed by atoms with Crippen molar-refractivity contribution in [3.8, 4) is 0 Å². The second kappa shape index (κ2) is 6.86. The number of likely N-dealkylation sites (tertiary alicyclic amines) is 1. The SMILES string of the molecule is CC(C)NC(=O)[C@@H]1CN(Cc2ccccc2)C[C@H]1CO. The first-order valence-electron chi connectivity index (χ1n) is 7.27. The highest BCUT2D eigenvalue weighted by Gasteiger charge is 2.37. The number of nitrogens with one attached hydrogen (secondary N) is 1. The van der Waals surface area contributed by atoms with E-state index in [2.05, 4.69) is 22.3 Å². The molecule has 1 amide bonds. The van der Waals surface area contributed by atoms with E-state index in [9.17, 15) is 9.90 Å². The molecular formula is C16H24N2O2. The molecule has 0 unspecified atom stereocenters. The summed E-state index contributed by atoms with van der Waals surface area (Å²) in [6.07, 6.45) is 0. The van der Waals surface area contributed by atoms with Crippen molar-refractivity contribution >= 4 is 5.91 Å². The van der Waals surface area contributed by atoms with Crippen LogP contribution < -0.4 is 5.32 Å². The number of aliphatic hydroxyl groups excluding tert-OH is 1. The van der Waals surface area contributed by atoms with Crippen LogP contribution in [-0.4, -0.2) is 41.7 Å². The van der Waals surface area contributed by atoms with E-state index in [1.165, 1.54) is 5.56 Å². The van der Waals surface area contributed by atoms with Crippen LogP contribution in [0.2, 0.25) is 0 Å². The minimum Gasteiger partial charge on any atom is -0.396 e. The first kappa shape index (κ1) is 15.0. The first-order valence-corrected chi connectivity index (χ1v) is 7.27. The van der Waals surface area contributed by atoms with Crippen LogP contribution in [0.3, 0.4) is 0 Å². The lowest BCUT2D eigenvalue weighted by molar-refractivity contribution is -0.126. The molecule has 0 radical (unpaired) electrons. The highest BCUT2D eigenvalue weighted by Crippen LogP contribution is 2.25. The van der Waals surface area contributed by atoms with Crippen LogP contribution in [0.4, 0.5) is 0 Å². The number of rotatable bonds is 5. The van der Waals surface area contributed by atoms with Crippen LogP contribution in [0.25, 0.3) is 0 Å². The summed E-state index contributed by atoms with van der Waals surface area (Å²) in [5, 5.41) is 12.5. The Morgan fingerprint density at radius 2 is 2.05 bits per heavy atom. The molecule has 0 saturated carbocycles. The van der Waals surface area contributed by atoms with Gasteiger partial charge in [0.05, 0.1) is 5.92 Å². The second-order valence-electron chi connectivity index (χ2n) is 5.89. The molecule has 1 fully saturated rings. The van der Waals surface area contributed by atoms with Crippen LogP contribution in [0.15, 0.2) is 30.3 Å². The van der Waals surface area contributed by atoms with E-state index in [1.54, 1.807) is 0 Å². The molecule has 1 aliphatic rings. The summed E-state index contributed by atoms with van der Waals surface area (Å²) in [7, 11) is 0. The van der Waals surface area contributed by atoms with Crippen molar-refractivity contribution in [1.82, 2.24) is 10.2 Å². The number of hydrogen-bond acceptors (Lipinski definition) is 3. The zero-order chi connectivity index (χ0) is 14.5. The van der Waals surface area contributed by atoms with E-state index in [0.717, 1.165) is 19.6 Å². The molecule has 4 heteroatoms. The van der Waals surface area contributed by atoms with Crippen molar-refractivity contribution in [1.29, 1.82) is 0 Å². The molecule has 2 N–H and O–H groups in total. The van der Waals surface area contributed by atoms with Gasteiger partial charge in [-0.25, -0.2) is 0 Å². The molecule has 1 saturated heterocycles. The average Bonchev–Trinajstić information content (AvgIpc) is 2.82. The van der Waals surface area contributed by atoms with Crippen LogP contribution >= 0.6 is 0 Å². The van der Waals surface area contributed by atoms with E-state index >= 15 is 0 Å². The largest absolute Gasteiger partial charge is 0.396 e. The Kier molecular flexibility index (Phi) is 5.15. The van der Waals surface area contributed by atoms with Gasteiger partial charge in [0.2, 0.25) is 5.91 Å². The number of amides is 1. The van der Waals surface area contributed by atoms with Gasteiger partial charge in [-0.3, -0.25) is 9.69 Å². The molecule has 2 atom stereocenters. The van der Waals surface area contributed by atoms with Gasteiger partial charge in [0.25, 0.3) is 0 Å². The topological polar surface area (TPSA) is 52.6 Å². The Bertz CT molecular complexity index is 433. The lowest BCUT2D eigenvalue weighted by Gasteiger charge is -2.17. The minimum absolute atomic E-state index is 0.0393. The number of carbonyl (C=O) groups is 1. The maximum absolute atomic E-state index is 12.2. The van der Waals surface area contributed by atoms with Crippen molar-refractivity contribution in [2.24, 2.45) is 11.8 Å². The highest BCUT2D eigenvalue weighted by atomic mass is 16.3. The molecule has 1 aliphatic heterocycles. The normalized spacial score (nSPS) is 23.2. The maximum atomic E-state index is 12.2. The Morgan fingerprint density at radius 3 is 2.65 bits per heavy atom. The van der Waals surface area contributed by atoms with Gasteiger partial charge in [-0.2, -0.15) is 0 Å². The van der Waals surface area contributed by atoms with Gasteiger partial charge < -0.3 is 10.4 Å². The monoisotopic (exact) mass is 276 g/mol. The van der Waals surface area contributed by atoms with E-state index < -0.39 is 0 Å². The van der Waals surface area contributed by atoms with Gasteiger partial charge in [0, 0.05) is 38.2 Å². The second-order valence-corrected chi connectivity index (χ2v) is 5.89. The van der Waals surface area contributed by atoms with Gasteiger partial charge in [0.15, 0.2) is 0 Å². The number of benzene rings is 1. The predicted octanol–water partition coefficient (Wildman–Crippen LogP) is 1.25. The third-order valence-corrected chi connectivity index (χ3v) is 3.77. The fourth-order valence-electron chi connectivity index (χ4n) is 2.80. The molecule has 1 aromatic carbocycles. The molecule has 1 heterocycles. The minimum atomic E-state index is -0.105. The van der Waals surface area contributed by atoms with Gasteiger partial charge in [-0.05, 0) is 19.4 Å². The molecular weight excluding hydrogens is 252 g/mol. The molecule has 0 bridgehead atoms. The molecule has 20 heavy (non-hydrogen) atoms. The Hall–Kier alpha value is -1.39. The molecule has 0 aromatic heterocycles. The fraction of sp³-hybridized carbons (Fsp3) is 0.562. The zero-order valence-corrected chi connectivity index (χ0v) is 12.2.